The second kappa shape index (κ2) is 3.55. The molecular weight excluding hydrogens is 174 g/mol. The number of rotatable bonds is 1. The van der Waals surface area contributed by atoms with E-state index in [2.05, 4.69) is 6.07 Å². The third-order valence-corrected chi connectivity index (χ3v) is 2.43. The van der Waals surface area contributed by atoms with Crippen molar-refractivity contribution < 1.29 is 4.74 Å². The van der Waals surface area contributed by atoms with Crippen molar-refractivity contribution in [2.45, 2.75) is 13.3 Å². The minimum atomic E-state index is 0.778. The SMILES string of the molecule is C/C(=C\C#N)c1ccc2c(c1)CCO2. The molecule has 0 radical (unpaired) electrons. The van der Waals surface area contributed by atoms with Crippen LogP contribution in [0.1, 0.15) is 18.1 Å². The van der Waals surface area contributed by atoms with Gasteiger partial charge < -0.3 is 4.74 Å². The summed E-state index contributed by atoms with van der Waals surface area (Å²) in [5, 5.41) is 8.54. The third-order valence-electron chi connectivity index (χ3n) is 2.43. The Kier molecular flexibility index (Phi) is 2.24. The molecule has 14 heavy (non-hydrogen) atoms. The molecule has 0 saturated heterocycles. The summed E-state index contributed by atoms with van der Waals surface area (Å²) >= 11 is 0. The van der Waals surface area contributed by atoms with Crippen molar-refractivity contribution >= 4 is 5.57 Å². The van der Waals surface area contributed by atoms with Crippen molar-refractivity contribution in [3.05, 3.63) is 35.4 Å². The number of benzene rings is 1. The van der Waals surface area contributed by atoms with Gasteiger partial charge in [-0.3, -0.25) is 0 Å². The molecule has 1 aromatic carbocycles. The molecular formula is C12H11NO. The van der Waals surface area contributed by atoms with Gasteiger partial charge in [0.05, 0.1) is 12.7 Å². The maximum Gasteiger partial charge on any atom is 0.122 e. The van der Waals surface area contributed by atoms with E-state index in [9.17, 15) is 0 Å². The molecule has 0 saturated carbocycles. The lowest BCUT2D eigenvalue weighted by molar-refractivity contribution is 0.357. The van der Waals surface area contributed by atoms with Crippen LogP contribution in [0.15, 0.2) is 24.3 Å². The lowest BCUT2D eigenvalue weighted by Crippen LogP contribution is -1.85. The van der Waals surface area contributed by atoms with Crippen LogP contribution in [-0.2, 0) is 6.42 Å². The molecule has 2 nitrogen and oxygen atoms in total. The van der Waals surface area contributed by atoms with Gasteiger partial charge in [-0.15, -0.1) is 0 Å². The van der Waals surface area contributed by atoms with Crippen LogP contribution in [0.25, 0.3) is 5.57 Å². The first kappa shape index (κ1) is 8.83. The fourth-order valence-corrected chi connectivity index (χ4v) is 1.61. The molecule has 0 N–H and O–H groups in total. The summed E-state index contributed by atoms with van der Waals surface area (Å²) in [7, 11) is 0. The zero-order chi connectivity index (χ0) is 9.97. The summed E-state index contributed by atoms with van der Waals surface area (Å²) in [5.41, 5.74) is 3.35. The molecule has 2 rings (SSSR count). The summed E-state index contributed by atoms with van der Waals surface area (Å²) in [4.78, 5) is 0. The highest BCUT2D eigenvalue weighted by Gasteiger charge is 2.11. The van der Waals surface area contributed by atoms with Gasteiger partial charge in [-0.2, -0.15) is 5.26 Å². The number of nitrogens with zero attached hydrogens (tertiary/aromatic N) is 1. The molecule has 0 bridgehead atoms. The van der Waals surface area contributed by atoms with E-state index in [1.807, 2.05) is 25.1 Å². The van der Waals surface area contributed by atoms with Crippen molar-refractivity contribution in [1.82, 2.24) is 0 Å². The molecule has 0 atom stereocenters. The first-order valence-electron chi connectivity index (χ1n) is 4.64. The Morgan fingerprint density at radius 2 is 2.43 bits per heavy atom. The van der Waals surface area contributed by atoms with Gasteiger partial charge in [-0.05, 0) is 35.8 Å². The molecule has 1 aromatic rings. The van der Waals surface area contributed by atoms with Crippen molar-refractivity contribution in [2.24, 2.45) is 0 Å². The van der Waals surface area contributed by atoms with Crippen molar-refractivity contribution in [2.75, 3.05) is 6.61 Å². The Morgan fingerprint density at radius 1 is 1.57 bits per heavy atom. The standard InChI is InChI=1S/C12H11NO/c1-9(4-6-13)10-2-3-12-11(8-10)5-7-14-12/h2-4,8H,5,7H2,1H3/b9-4+. The second-order valence-corrected chi connectivity index (χ2v) is 3.38. The average Bonchev–Trinajstić information content (AvgIpc) is 2.64. The van der Waals surface area contributed by atoms with Crippen LogP contribution < -0.4 is 4.74 Å². The zero-order valence-electron chi connectivity index (χ0n) is 8.08. The first-order chi connectivity index (χ1) is 6.81. The Bertz CT molecular complexity index is 426. The number of hydrogen-bond acceptors (Lipinski definition) is 2. The minimum absolute atomic E-state index is 0.778. The van der Waals surface area contributed by atoms with Crippen LogP contribution in [0.2, 0.25) is 0 Å². The van der Waals surface area contributed by atoms with E-state index in [-0.39, 0.29) is 0 Å². The normalized spacial score (nSPS) is 14.4. The fraction of sp³-hybridized carbons (Fsp3) is 0.250. The van der Waals surface area contributed by atoms with Gasteiger partial charge in [-0.25, -0.2) is 0 Å². The van der Waals surface area contributed by atoms with E-state index in [0.29, 0.717) is 0 Å². The van der Waals surface area contributed by atoms with Gasteiger partial charge in [0, 0.05) is 12.5 Å². The molecule has 1 aliphatic rings. The van der Waals surface area contributed by atoms with E-state index in [0.717, 1.165) is 29.9 Å². The van der Waals surface area contributed by atoms with Crippen molar-refractivity contribution in [1.29, 1.82) is 5.26 Å². The summed E-state index contributed by atoms with van der Waals surface area (Å²) in [6, 6.07) is 8.11. The highest BCUT2D eigenvalue weighted by atomic mass is 16.5. The van der Waals surface area contributed by atoms with Crippen molar-refractivity contribution in [3.63, 3.8) is 0 Å². The number of hydrogen-bond donors (Lipinski definition) is 0. The van der Waals surface area contributed by atoms with E-state index < -0.39 is 0 Å². The third kappa shape index (κ3) is 1.49. The second-order valence-electron chi connectivity index (χ2n) is 3.38. The number of fused-ring (bicyclic) bond motifs is 1. The smallest absolute Gasteiger partial charge is 0.122 e. The zero-order valence-corrected chi connectivity index (χ0v) is 8.08. The molecule has 70 valence electrons. The van der Waals surface area contributed by atoms with Gasteiger partial charge >= 0.3 is 0 Å². The van der Waals surface area contributed by atoms with Crippen LogP contribution in [0.3, 0.4) is 0 Å². The van der Waals surface area contributed by atoms with E-state index >= 15 is 0 Å². The Morgan fingerprint density at radius 3 is 3.21 bits per heavy atom. The Balaban J connectivity index is 2.39. The molecule has 0 unspecified atom stereocenters. The molecule has 0 aliphatic carbocycles. The molecule has 2 heteroatoms. The molecule has 0 aromatic heterocycles. The van der Waals surface area contributed by atoms with Crippen LogP contribution in [0.4, 0.5) is 0 Å². The summed E-state index contributed by atoms with van der Waals surface area (Å²) < 4.78 is 5.41. The van der Waals surface area contributed by atoms with E-state index in [1.54, 1.807) is 6.08 Å². The predicted octanol–water partition coefficient (Wildman–Crippen LogP) is 2.55. The van der Waals surface area contributed by atoms with E-state index in [4.69, 9.17) is 10.00 Å². The van der Waals surface area contributed by atoms with Gasteiger partial charge in [0.1, 0.15) is 5.75 Å². The van der Waals surface area contributed by atoms with Gasteiger partial charge in [0.25, 0.3) is 0 Å². The lowest BCUT2D eigenvalue weighted by Gasteiger charge is -2.02. The van der Waals surface area contributed by atoms with Crippen LogP contribution >= 0.6 is 0 Å². The first-order valence-corrected chi connectivity index (χ1v) is 4.64. The van der Waals surface area contributed by atoms with Gasteiger partial charge in [-0.1, -0.05) is 6.07 Å². The van der Waals surface area contributed by atoms with Crippen LogP contribution in [0.5, 0.6) is 5.75 Å². The quantitative estimate of drug-likeness (QED) is 0.630. The van der Waals surface area contributed by atoms with E-state index in [1.165, 1.54) is 5.56 Å². The minimum Gasteiger partial charge on any atom is -0.493 e. The number of nitriles is 1. The highest BCUT2D eigenvalue weighted by molar-refractivity contribution is 5.67. The lowest BCUT2D eigenvalue weighted by atomic mass is 10.0. The topological polar surface area (TPSA) is 33.0 Å². The fourth-order valence-electron chi connectivity index (χ4n) is 1.61. The van der Waals surface area contributed by atoms with Crippen molar-refractivity contribution in [3.8, 4) is 11.8 Å². The Hall–Kier alpha value is -1.75. The molecule has 0 spiro atoms. The van der Waals surface area contributed by atoms with Gasteiger partial charge in [0.2, 0.25) is 0 Å². The monoisotopic (exact) mass is 185 g/mol. The largest absolute Gasteiger partial charge is 0.493 e. The molecule has 0 amide bonds. The number of ether oxygens (including phenoxy) is 1. The molecule has 1 heterocycles. The number of allylic oxidation sites excluding steroid dienone is 2. The maximum atomic E-state index is 8.54. The predicted molar refractivity (Wildman–Crippen MR) is 54.9 cm³/mol. The van der Waals surface area contributed by atoms with Gasteiger partial charge in [0.15, 0.2) is 0 Å². The Labute approximate surface area is 83.4 Å². The summed E-state index contributed by atoms with van der Waals surface area (Å²) in [6.45, 7) is 2.72. The average molecular weight is 185 g/mol. The highest BCUT2D eigenvalue weighted by Crippen LogP contribution is 2.28. The van der Waals surface area contributed by atoms with Crippen LogP contribution in [0, 0.1) is 11.3 Å². The molecule has 1 aliphatic heterocycles. The summed E-state index contributed by atoms with van der Waals surface area (Å²) in [5.74, 6) is 0.985. The maximum absolute atomic E-state index is 8.54. The van der Waals surface area contributed by atoms with Crippen LogP contribution in [-0.4, -0.2) is 6.61 Å². The molecule has 0 fully saturated rings. The summed E-state index contributed by atoms with van der Waals surface area (Å²) in [6.07, 6.45) is 2.54.